The van der Waals surface area contributed by atoms with E-state index in [2.05, 4.69) is 75.4 Å². The molecule has 0 amide bonds. The van der Waals surface area contributed by atoms with Crippen molar-refractivity contribution in [1.29, 1.82) is 5.26 Å². The molecule has 0 N–H and O–H groups in total. The van der Waals surface area contributed by atoms with E-state index in [-0.39, 0.29) is 0 Å². The van der Waals surface area contributed by atoms with Crippen molar-refractivity contribution in [2.75, 3.05) is 56.2 Å². The first-order valence-electron chi connectivity index (χ1n) is 12.2. The molecular weight excluding hydrogens is 420 g/mol. The summed E-state index contributed by atoms with van der Waals surface area (Å²) >= 11 is 0. The zero-order chi connectivity index (χ0) is 23.3. The van der Waals surface area contributed by atoms with Crippen LogP contribution in [-0.4, -0.2) is 51.3 Å². The van der Waals surface area contributed by atoms with Crippen molar-refractivity contribution in [1.82, 2.24) is 4.90 Å². The maximum Gasteiger partial charge on any atom is 0.142 e. The molecule has 2 heterocycles. The summed E-state index contributed by atoms with van der Waals surface area (Å²) in [4.78, 5) is 7.59. The van der Waals surface area contributed by atoms with Crippen LogP contribution < -0.4 is 14.5 Å². The molecule has 34 heavy (non-hydrogen) atoms. The van der Waals surface area contributed by atoms with Gasteiger partial charge in [0.1, 0.15) is 5.75 Å². The second-order valence-corrected chi connectivity index (χ2v) is 9.11. The number of para-hydroxylation sites is 2. The van der Waals surface area contributed by atoms with Crippen molar-refractivity contribution in [3.63, 3.8) is 0 Å². The minimum atomic E-state index is 0.336. The van der Waals surface area contributed by atoms with Crippen LogP contribution in [0.4, 0.5) is 11.4 Å². The van der Waals surface area contributed by atoms with Crippen molar-refractivity contribution in [3.8, 4) is 11.8 Å². The number of anilines is 2. The number of rotatable bonds is 7. The topological polar surface area (TPSA) is 42.7 Å². The van der Waals surface area contributed by atoms with Gasteiger partial charge in [0.15, 0.2) is 0 Å². The smallest absolute Gasteiger partial charge is 0.142 e. The van der Waals surface area contributed by atoms with Crippen molar-refractivity contribution in [2.24, 2.45) is 0 Å². The van der Waals surface area contributed by atoms with Gasteiger partial charge in [-0.1, -0.05) is 42.5 Å². The van der Waals surface area contributed by atoms with Crippen LogP contribution in [0.5, 0.6) is 5.75 Å². The fourth-order valence-corrected chi connectivity index (χ4v) is 5.41. The number of ether oxygens (including phenoxy) is 1. The monoisotopic (exact) mass is 452 g/mol. The van der Waals surface area contributed by atoms with Gasteiger partial charge in [-0.3, -0.25) is 4.90 Å². The summed E-state index contributed by atoms with van der Waals surface area (Å²) in [5.41, 5.74) is 5.90. The number of piperazine rings is 1. The van der Waals surface area contributed by atoms with Gasteiger partial charge in [-0.25, -0.2) is 0 Å². The van der Waals surface area contributed by atoms with Crippen LogP contribution in [0.15, 0.2) is 72.8 Å². The van der Waals surface area contributed by atoms with Crippen molar-refractivity contribution < 1.29 is 4.74 Å². The Hall–Kier alpha value is -3.49. The van der Waals surface area contributed by atoms with Crippen LogP contribution in [-0.2, 0) is 6.42 Å². The molecule has 0 aromatic heterocycles. The lowest BCUT2D eigenvalue weighted by atomic mass is 10.0. The molecule has 3 aromatic carbocycles. The predicted octanol–water partition coefficient (Wildman–Crippen LogP) is 4.88. The molecule has 1 unspecified atom stereocenters. The van der Waals surface area contributed by atoms with Gasteiger partial charge in [-0.2, -0.15) is 5.26 Å². The van der Waals surface area contributed by atoms with Crippen LogP contribution >= 0.6 is 0 Å². The van der Waals surface area contributed by atoms with Gasteiger partial charge in [0.25, 0.3) is 0 Å². The minimum Gasteiger partial charge on any atom is -0.495 e. The number of nitrogens with zero attached hydrogens (tertiary/aromatic N) is 4. The van der Waals surface area contributed by atoms with Crippen LogP contribution in [0.25, 0.3) is 0 Å². The van der Waals surface area contributed by atoms with E-state index in [0.29, 0.717) is 6.04 Å². The Labute approximate surface area is 202 Å². The third-order valence-corrected chi connectivity index (χ3v) is 7.22. The molecule has 0 aliphatic carbocycles. The Bertz CT molecular complexity index is 1150. The zero-order valence-electron chi connectivity index (χ0n) is 19.9. The first-order chi connectivity index (χ1) is 16.8. The highest BCUT2D eigenvalue weighted by atomic mass is 16.5. The molecule has 0 bridgehead atoms. The minimum absolute atomic E-state index is 0.336. The summed E-state index contributed by atoms with van der Waals surface area (Å²) in [6, 6.07) is 28.0. The highest BCUT2D eigenvalue weighted by Crippen LogP contribution is 2.37. The maximum atomic E-state index is 9.29. The number of methoxy groups -OCH3 is 1. The SMILES string of the molecule is COc1ccccc1N1CCN(CCC(c2ccccc2)N2CCc3cc(C#N)ccc32)CC1. The second-order valence-electron chi connectivity index (χ2n) is 9.11. The number of hydrogen-bond donors (Lipinski definition) is 0. The number of benzene rings is 3. The van der Waals surface area contributed by atoms with E-state index in [1.165, 1.54) is 22.5 Å². The third kappa shape index (κ3) is 4.60. The van der Waals surface area contributed by atoms with Crippen LogP contribution in [0.3, 0.4) is 0 Å². The van der Waals surface area contributed by atoms with Crippen molar-refractivity contribution in [2.45, 2.75) is 18.9 Å². The lowest BCUT2D eigenvalue weighted by Crippen LogP contribution is -2.47. The molecule has 0 spiro atoms. The fourth-order valence-electron chi connectivity index (χ4n) is 5.41. The first-order valence-corrected chi connectivity index (χ1v) is 12.2. The molecule has 2 aliphatic rings. The summed E-state index contributed by atoms with van der Waals surface area (Å²) in [5.74, 6) is 0.951. The highest BCUT2D eigenvalue weighted by molar-refractivity contribution is 5.62. The van der Waals surface area contributed by atoms with Gasteiger partial charge in [0.05, 0.1) is 30.5 Å². The van der Waals surface area contributed by atoms with Gasteiger partial charge in [-0.15, -0.1) is 0 Å². The summed E-state index contributed by atoms with van der Waals surface area (Å²) in [6.07, 6.45) is 2.09. The summed E-state index contributed by atoms with van der Waals surface area (Å²) in [6.45, 7) is 6.22. The quantitative estimate of drug-likeness (QED) is 0.511. The van der Waals surface area contributed by atoms with Gasteiger partial charge in [-0.05, 0) is 54.3 Å². The standard InChI is InChI=1S/C29H32N4O/c1-34-29-10-6-5-9-28(29)32-19-17-31(18-20-32)15-14-27(24-7-3-2-4-8-24)33-16-13-25-21-23(22-30)11-12-26(25)33/h2-12,21,27H,13-20H2,1H3. The van der Waals surface area contributed by atoms with Crippen molar-refractivity contribution in [3.05, 3.63) is 89.5 Å². The van der Waals surface area contributed by atoms with Crippen molar-refractivity contribution >= 4 is 11.4 Å². The lowest BCUT2D eigenvalue weighted by Gasteiger charge is -2.38. The Kier molecular flexibility index (Phi) is 6.69. The summed E-state index contributed by atoms with van der Waals surface area (Å²) in [7, 11) is 1.75. The lowest BCUT2D eigenvalue weighted by molar-refractivity contribution is 0.246. The van der Waals surface area contributed by atoms with Crippen LogP contribution in [0, 0.1) is 11.3 Å². The van der Waals surface area contributed by atoms with E-state index in [1.807, 2.05) is 18.2 Å². The molecule has 174 valence electrons. The predicted molar refractivity (Wildman–Crippen MR) is 138 cm³/mol. The van der Waals surface area contributed by atoms with E-state index >= 15 is 0 Å². The van der Waals surface area contributed by atoms with Gasteiger partial charge in [0.2, 0.25) is 0 Å². The molecule has 5 nitrogen and oxygen atoms in total. The molecular formula is C29H32N4O. The van der Waals surface area contributed by atoms with Gasteiger partial charge < -0.3 is 14.5 Å². The molecule has 0 saturated carbocycles. The molecule has 1 fully saturated rings. The molecule has 5 heteroatoms. The second kappa shape index (κ2) is 10.2. The number of fused-ring (bicyclic) bond motifs is 1. The zero-order valence-corrected chi connectivity index (χ0v) is 19.9. The van der Waals surface area contributed by atoms with E-state index in [9.17, 15) is 5.26 Å². The van der Waals surface area contributed by atoms with E-state index in [4.69, 9.17) is 4.74 Å². The number of hydrogen-bond acceptors (Lipinski definition) is 5. The van der Waals surface area contributed by atoms with Crippen LogP contribution in [0.1, 0.15) is 29.2 Å². The average molecular weight is 453 g/mol. The van der Waals surface area contributed by atoms with Gasteiger partial charge >= 0.3 is 0 Å². The Balaban J connectivity index is 1.27. The Morgan fingerprint density at radius 2 is 1.65 bits per heavy atom. The highest BCUT2D eigenvalue weighted by Gasteiger charge is 2.28. The fraction of sp³-hybridized carbons (Fsp3) is 0.345. The van der Waals surface area contributed by atoms with E-state index in [0.717, 1.165) is 63.4 Å². The molecule has 1 saturated heterocycles. The summed E-state index contributed by atoms with van der Waals surface area (Å²) < 4.78 is 5.57. The van der Waals surface area contributed by atoms with Gasteiger partial charge in [0, 0.05) is 45.0 Å². The first kappa shape index (κ1) is 22.3. The Morgan fingerprint density at radius 1 is 0.882 bits per heavy atom. The summed E-state index contributed by atoms with van der Waals surface area (Å²) in [5, 5.41) is 9.29. The normalized spacial score (nSPS) is 16.7. The molecule has 3 aromatic rings. The molecule has 0 radical (unpaired) electrons. The molecule has 2 aliphatic heterocycles. The Morgan fingerprint density at radius 3 is 2.41 bits per heavy atom. The average Bonchev–Trinajstić information content (AvgIpc) is 3.33. The molecule has 5 rings (SSSR count). The van der Waals surface area contributed by atoms with Crippen LogP contribution in [0.2, 0.25) is 0 Å². The number of nitriles is 1. The largest absolute Gasteiger partial charge is 0.495 e. The maximum absolute atomic E-state index is 9.29. The van der Waals surface area contributed by atoms with E-state index in [1.54, 1.807) is 7.11 Å². The molecule has 1 atom stereocenters. The van der Waals surface area contributed by atoms with E-state index < -0.39 is 0 Å². The third-order valence-electron chi connectivity index (χ3n) is 7.22.